The predicted molar refractivity (Wildman–Crippen MR) is 86.9 cm³/mol. The molecule has 128 valence electrons. The maximum Gasteiger partial charge on any atom is 0.324 e. The lowest BCUT2D eigenvalue weighted by Crippen LogP contribution is -2.43. The van der Waals surface area contributed by atoms with Crippen LogP contribution in [0.5, 0.6) is 0 Å². The van der Waals surface area contributed by atoms with Crippen LogP contribution in [0.15, 0.2) is 28.2 Å². The van der Waals surface area contributed by atoms with Crippen molar-refractivity contribution in [2.24, 2.45) is 5.41 Å². The van der Waals surface area contributed by atoms with Crippen molar-refractivity contribution in [3.63, 3.8) is 0 Å². The fourth-order valence-corrected chi connectivity index (χ4v) is 2.26. The summed E-state index contributed by atoms with van der Waals surface area (Å²) in [5.41, 5.74) is -0.410. The number of carbonyl (C=O) groups excluding carboxylic acids is 2. The van der Waals surface area contributed by atoms with Crippen molar-refractivity contribution < 1.29 is 23.5 Å². The highest BCUT2D eigenvalue weighted by atomic mass is 16.6. The van der Waals surface area contributed by atoms with Crippen molar-refractivity contribution in [1.29, 1.82) is 0 Å². The van der Waals surface area contributed by atoms with Gasteiger partial charge in [-0.3, -0.25) is 9.59 Å². The van der Waals surface area contributed by atoms with Gasteiger partial charge in [-0.1, -0.05) is 11.6 Å². The molecule has 0 saturated carbocycles. The Bertz CT molecular complexity index is 546. The molecule has 0 aliphatic heterocycles. The Morgan fingerprint density at radius 2 is 1.70 bits per heavy atom. The Kier molecular flexibility index (Phi) is 7.07. The second-order valence-corrected chi connectivity index (χ2v) is 5.70. The zero-order chi connectivity index (χ0) is 17.5. The molecule has 0 aliphatic rings. The largest absolute Gasteiger partial charge is 0.466 e. The van der Waals surface area contributed by atoms with E-state index >= 15 is 0 Å². The molecule has 0 fully saturated rings. The first-order valence-electron chi connectivity index (χ1n) is 7.88. The van der Waals surface area contributed by atoms with Crippen LogP contribution in [0.3, 0.4) is 0 Å². The molecule has 0 amide bonds. The summed E-state index contributed by atoms with van der Waals surface area (Å²) in [7, 11) is 0. The third kappa shape index (κ3) is 4.98. The summed E-state index contributed by atoms with van der Waals surface area (Å²) in [6.07, 6.45) is 2.18. The van der Waals surface area contributed by atoms with Crippen molar-refractivity contribution in [2.75, 3.05) is 13.2 Å². The van der Waals surface area contributed by atoms with E-state index in [2.05, 4.69) is 0 Å². The van der Waals surface area contributed by atoms with E-state index < -0.39 is 17.4 Å². The van der Waals surface area contributed by atoms with Crippen LogP contribution in [0.1, 0.15) is 45.6 Å². The number of esters is 2. The highest BCUT2D eigenvalue weighted by Gasteiger charge is 2.49. The summed E-state index contributed by atoms with van der Waals surface area (Å²) in [4.78, 5) is 25.2. The van der Waals surface area contributed by atoms with Crippen molar-refractivity contribution in [3.05, 3.63) is 35.3 Å². The quantitative estimate of drug-likeness (QED) is 0.415. The maximum absolute atomic E-state index is 12.6. The minimum atomic E-state index is -1.42. The fourth-order valence-electron chi connectivity index (χ4n) is 2.26. The normalized spacial score (nSPS) is 11.0. The molecule has 5 heteroatoms. The molecule has 5 nitrogen and oxygen atoms in total. The average molecular weight is 322 g/mol. The second-order valence-electron chi connectivity index (χ2n) is 5.70. The molecule has 0 bridgehead atoms. The molecule has 0 spiro atoms. The van der Waals surface area contributed by atoms with Crippen LogP contribution in [-0.2, 0) is 25.5 Å². The molecule has 0 aliphatic carbocycles. The minimum absolute atomic E-state index is 0.113. The molecule has 0 unspecified atom stereocenters. The predicted octanol–water partition coefficient (Wildman–Crippen LogP) is 3.60. The lowest BCUT2D eigenvalue weighted by molar-refractivity contribution is -0.172. The second kappa shape index (κ2) is 8.56. The summed E-state index contributed by atoms with van der Waals surface area (Å²) >= 11 is 0. The van der Waals surface area contributed by atoms with Gasteiger partial charge in [-0.15, -0.1) is 0 Å². The monoisotopic (exact) mass is 322 g/mol. The number of hydrogen-bond donors (Lipinski definition) is 0. The van der Waals surface area contributed by atoms with E-state index in [4.69, 9.17) is 13.9 Å². The lowest BCUT2D eigenvalue weighted by atomic mass is 9.79. The van der Waals surface area contributed by atoms with E-state index in [1.54, 1.807) is 26.0 Å². The molecule has 1 heterocycles. The number of aryl methyl sites for hydroxylation is 1. The molecule has 0 aromatic carbocycles. The van der Waals surface area contributed by atoms with Gasteiger partial charge in [0.15, 0.2) is 5.41 Å². The Morgan fingerprint density at radius 1 is 1.13 bits per heavy atom. The molecule has 0 N–H and O–H groups in total. The van der Waals surface area contributed by atoms with Crippen LogP contribution in [0.25, 0.3) is 0 Å². The summed E-state index contributed by atoms with van der Waals surface area (Å²) in [5, 5.41) is 0. The molecular formula is C18H26O5. The van der Waals surface area contributed by atoms with Gasteiger partial charge in [0.1, 0.15) is 11.5 Å². The average Bonchev–Trinajstić information content (AvgIpc) is 2.88. The van der Waals surface area contributed by atoms with Gasteiger partial charge in [-0.05, 0) is 53.2 Å². The number of allylic oxidation sites excluding steroid dienone is 2. The molecule has 0 atom stereocenters. The van der Waals surface area contributed by atoms with Crippen LogP contribution < -0.4 is 0 Å². The van der Waals surface area contributed by atoms with Crippen molar-refractivity contribution in [1.82, 2.24) is 0 Å². The van der Waals surface area contributed by atoms with Gasteiger partial charge < -0.3 is 13.9 Å². The zero-order valence-corrected chi connectivity index (χ0v) is 14.6. The first-order chi connectivity index (χ1) is 10.9. The van der Waals surface area contributed by atoms with Gasteiger partial charge in [0, 0.05) is 6.42 Å². The highest BCUT2D eigenvalue weighted by molar-refractivity contribution is 6.00. The van der Waals surface area contributed by atoms with Crippen molar-refractivity contribution in [3.8, 4) is 0 Å². The Morgan fingerprint density at radius 3 is 2.09 bits per heavy atom. The molecule has 0 radical (unpaired) electrons. The third-order valence-corrected chi connectivity index (χ3v) is 3.46. The molecule has 1 aromatic rings. The van der Waals surface area contributed by atoms with Gasteiger partial charge in [0.2, 0.25) is 0 Å². The fraction of sp³-hybridized carbons (Fsp3) is 0.556. The zero-order valence-electron chi connectivity index (χ0n) is 14.6. The van der Waals surface area contributed by atoms with Crippen molar-refractivity contribution >= 4 is 11.9 Å². The molecule has 0 saturated heterocycles. The summed E-state index contributed by atoms with van der Waals surface area (Å²) in [6, 6.07) is 3.57. The maximum atomic E-state index is 12.6. The van der Waals surface area contributed by atoms with E-state index in [0.29, 0.717) is 5.76 Å². The van der Waals surface area contributed by atoms with Crippen molar-refractivity contribution in [2.45, 2.75) is 47.5 Å². The van der Waals surface area contributed by atoms with Gasteiger partial charge in [-0.2, -0.15) is 0 Å². The molecular weight excluding hydrogens is 296 g/mol. The molecule has 1 aromatic heterocycles. The standard InChI is InChI=1S/C18H26O5/c1-6-21-16(19)18(11-10-13(3)4,17(20)22-7-2)12-15-9-8-14(5)23-15/h8-10H,6-7,11-12H2,1-5H3. The first kappa shape index (κ1) is 19.0. The number of hydrogen-bond acceptors (Lipinski definition) is 5. The third-order valence-electron chi connectivity index (χ3n) is 3.46. The van der Waals surface area contributed by atoms with Crippen LogP contribution in [0, 0.1) is 12.3 Å². The highest BCUT2D eigenvalue weighted by Crippen LogP contribution is 2.33. The molecule has 23 heavy (non-hydrogen) atoms. The first-order valence-corrected chi connectivity index (χ1v) is 7.88. The summed E-state index contributed by atoms with van der Waals surface area (Å²) in [5.74, 6) is 0.129. The molecule has 1 rings (SSSR count). The van der Waals surface area contributed by atoms with Gasteiger partial charge in [-0.25, -0.2) is 0 Å². The Balaban J connectivity index is 3.27. The van der Waals surface area contributed by atoms with Gasteiger partial charge in [0.25, 0.3) is 0 Å². The lowest BCUT2D eigenvalue weighted by Gasteiger charge is -2.27. The number of carbonyl (C=O) groups is 2. The SMILES string of the molecule is CCOC(=O)C(CC=C(C)C)(Cc1ccc(C)o1)C(=O)OCC. The minimum Gasteiger partial charge on any atom is -0.466 e. The number of ether oxygens (including phenoxy) is 2. The van der Waals surface area contributed by atoms with Gasteiger partial charge in [0.05, 0.1) is 13.2 Å². The number of furan rings is 1. The van der Waals surface area contributed by atoms with E-state index in [0.717, 1.165) is 11.3 Å². The van der Waals surface area contributed by atoms with E-state index in [1.165, 1.54) is 0 Å². The topological polar surface area (TPSA) is 65.7 Å². The Hall–Kier alpha value is -2.04. The summed E-state index contributed by atoms with van der Waals surface area (Å²) in [6.45, 7) is 9.47. The summed E-state index contributed by atoms with van der Waals surface area (Å²) < 4.78 is 15.9. The Labute approximate surface area is 137 Å². The number of rotatable bonds is 8. The smallest absolute Gasteiger partial charge is 0.324 e. The van der Waals surface area contributed by atoms with Crippen LogP contribution >= 0.6 is 0 Å². The van der Waals surface area contributed by atoms with E-state index in [1.807, 2.05) is 26.8 Å². The van der Waals surface area contributed by atoms with Crippen LogP contribution in [0.2, 0.25) is 0 Å². The van der Waals surface area contributed by atoms with E-state index in [9.17, 15) is 9.59 Å². The van der Waals surface area contributed by atoms with Crippen LogP contribution in [-0.4, -0.2) is 25.2 Å². The van der Waals surface area contributed by atoms with Gasteiger partial charge >= 0.3 is 11.9 Å². The van der Waals surface area contributed by atoms with E-state index in [-0.39, 0.29) is 26.1 Å². The van der Waals surface area contributed by atoms with Crippen LogP contribution in [0.4, 0.5) is 0 Å².